The Morgan fingerprint density at radius 3 is 2.96 bits per heavy atom. The van der Waals surface area contributed by atoms with Crippen molar-refractivity contribution in [3.63, 3.8) is 0 Å². The number of hydrogen-bond acceptors (Lipinski definition) is 5. The van der Waals surface area contributed by atoms with Crippen molar-refractivity contribution in [3.8, 4) is 0 Å². The molecule has 1 aliphatic heterocycles. The van der Waals surface area contributed by atoms with Gasteiger partial charge in [-0.1, -0.05) is 6.92 Å². The Morgan fingerprint density at radius 1 is 1.33 bits per heavy atom. The molecule has 0 radical (unpaired) electrons. The van der Waals surface area contributed by atoms with Gasteiger partial charge in [-0.05, 0) is 43.0 Å². The minimum atomic E-state index is -0.603. The summed E-state index contributed by atoms with van der Waals surface area (Å²) in [6, 6.07) is 7.99. The second-order valence-corrected chi connectivity index (χ2v) is 7.09. The second kappa shape index (κ2) is 6.75. The van der Waals surface area contributed by atoms with E-state index in [0.29, 0.717) is 24.7 Å². The van der Waals surface area contributed by atoms with Gasteiger partial charge in [0.2, 0.25) is 0 Å². The molecule has 2 aromatic heterocycles. The minimum Gasteiger partial charge on any atom is -0.467 e. The van der Waals surface area contributed by atoms with E-state index in [4.69, 9.17) is 13.6 Å². The zero-order valence-corrected chi connectivity index (χ0v) is 14.1. The fraction of sp³-hybridized carbons (Fsp3) is 0.579. The molecule has 4 unspecified atom stereocenters. The summed E-state index contributed by atoms with van der Waals surface area (Å²) < 4.78 is 17.0. The average molecular weight is 331 g/mol. The van der Waals surface area contributed by atoms with Gasteiger partial charge in [-0.15, -0.1) is 0 Å². The van der Waals surface area contributed by atoms with Crippen molar-refractivity contribution in [2.75, 3.05) is 19.8 Å². The number of nitrogens with zero attached hydrogens (tertiary/aromatic N) is 1. The van der Waals surface area contributed by atoms with Crippen molar-refractivity contribution < 1.29 is 18.7 Å². The summed E-state index contributed by atoms with van der Waals surface area (Å²) in [7, 11) is 0. The smallest absolute Gasteiger partial charge is 0.132 e. The van der Waals surface area contributed by atoms with Crippen molar-refractivity contribution in [1.29, 1.82) is 0 Å². The summed E-state index contributed by atoms with van der Waals surface area (Å²) in [5, 5.41) is 10.4. The van der Waals surface area contributed by atoms with Gasteiger partial charge in [0.05, 0.1) is 26.0 Å². The predicted molar refractivity (Wildman–Crippen MR) is 88.5 cm³/mol. The minimum absolute atomic E-state index is 0.159. The molecule has 0 spiro atoms. The molecule has 5 heteroatoms. The van der Waals surface area contributed by atoms with Crippen LogP contribution in [0.15, 0.2) is 39.4 Å². The molecule has 24 heavy (non-hydrogen) atoms. The van der Waals surface area contributed by atoms with Gasteiger partial charge in [0.1, 0.15) is 23.4 Å². The van der Waals surface area contributed by atoms with E-state index in [2.05, 4.69) is 24.0 Å². The molecule has 2 aliphatic rings. The van der Waals surface area contributed by atoms with E-state index in [1.54, 1.807) is 12.3 Å². The van der Waals surface area contributed by atoms with Crippen LogP contribution in [-0.4, -0.2) is 35.8 Å². The highest BCUT2D eigenvalue weighted by atomic mass is 16.5. The van der Waals surface area contributed by atoms with Gasteiger partial charge in [-0.3, -0.25) is 4.90 Å². The van der Waals surface area contributed by atoms with Gasteiger partial charge < -0.3 is 18.7 Å². The molecule has 1 N–H and O–H groups in total. The molecule has 1 aliphatic carbocycles. The van der Waals surface area contributed by atoms with Crippen LogP contribution in [0.2, 0.25) is 0 Å². The molecule has 1 saturated heterocycles. The Hall–Kier alpha value is -1.56. The highest BCUT2D eigenvalue weighted by Crippen LogP contribution is 2.47. The van der Waals surface area contributed by atoms with Crippen LogP contribution in [0.25, 0.3) is 0 Å². The molecule has 5 nitrogen and oxygen atoms in total. The van der Waals surface area contributed by atoms with Crippen molar-refractivity contribution in [2.24, 2.45) is 5.92 Å². The molecule has 2 fully saturated rings. The summed E-state index contributed by atoms with van der Waals surface area (Å²) in [6.45, 7) is 5.23. The van der Waals surface area contributed by atoms with Crippen molar-refractivity contribution in [1.82, 2.24) is 4.90 Å². The van der Waals surface area contributed by atoms with Crippen molar-refractivity contribution in [3.05, 3.63) is 47.8 Å². The predicted octanol–water partition coefficient (Wildman–Crippen LogP) is 3.32. The average Bonchev–Trinajstić information content (AvgIpc) is 3.01. The number of ether oxygens (including phenoxy) is 1. The molecule has 1 saturated carbocycles. The van der Waals surface area contributed by atoms with E-state index >= 15 is 0 Å². The molecule has 0 aromatic carbocycles. The summed E-state index contributed by atoms with van der Waals surface area (Å²) >= 11 is 0. The first kappa shape index (κ1) is 15.9. The largest absolute Gasteiger partial charge is 0.467 e. The third-order valence-electron chi connectivity index (χ3n) is 5.23. The summed E-state index contributed by atoms with van der Waals surface area (Å²) in [4.78, 5) is 2.34. The lowest BCUT2D eigenvalue weighted by atomic mass is 10.1. The topological polar surface area (TPSA) is 59.0 Å². The number of hydrogen-bond donors (Lipinski definition) is 1. The highest BCUT2D eigenvalue weighted by molar-refractivity contribution is 5.17. The number of aliphatic hydroxyl groups is 1. The van der Waals surface area contributed by atoms with Gasteiger partial charge in [0.15, 0.2) is 0 Å². The first-order valence-electron chi connectivity index (χ1n) is 8.82. The quantitative estimate of drug-likeness (QED) is 0.880. The van der Waals surface area contributed by atoms with Gasteiger partial charge >= 0.3 is 0 Å². The van der Waals surface area contributed by atoms with Gasteiger partial charge in [0, 0.05) is 18.5 Å². The maximum atomic E-state index is 10.4. The van der Waals surface area contributed by atoms with Crippen LogP contribution in [0, 0.1) is 5.92 Å². The monoisotopic (exact) mass is 331 g/mol. The van der Waals surface area contributed by atoms with E-state index in [1.165, 1.54) is 6.42 Å². The molecule has 0 amide bonds. The van der Waals surface area contributed by atoms with E-state index in [-0.39, 0.29) is 6.04 Å². The fourth-order valence-corrected chi connectivity index (χ4v) is 3.57. The van der Waals surface area contributed by atoms with Crippen LogP contribution >= 0.6 is 0 Å². The van der Waals surface area contributed by atoms with E-state index in [0.717, 1.165) is 37.1 Å². The summed E-state index contributed by atoms with van der Waals surface area (Å²) in [6.07, 6.45) is 2.83. The standard InChI is InChI=1S/C19H25NO4/c1-13-9-16(13)18-5-4-15(24-18)11-20-6-8-22-12-14(20)10-17(21)19-3-2-7-23-19/h2-5,7,13-14,16-17,21H,6,8-12H2,1H3. The van der Waals surface area contributed by atoms with Crippen LogP contribution < -0.4 is 0 Å². The van der Waals surface area contributed by atoms with Crippen LogP contribution in [0.5, 0.6) is 0 Å². The number of aliphatic hydroxyl groups excluding tert-OH is 1. The lowest BCUT2D eigenvalue weighted by Gasteiger charge is -2.35. The van der Waals surface area contributed by atoms with E-state index in [1.807, 2.05) is 6.07 Å². The van der Waals surface area contributed by atoms with E-state index < -0.39 is 6.10 Å². The number of morpholine rings is 1. The Labute approximate surface area is 142 Å². The highest BCUT2D eigenvalue weighted by Gasteiger charge is 2.37. The summed E-state index contributed by atoms with van der Waals surface area (Å²) in [5.74, 6) is 4.11. The van der Waals surface area contributed by atoms with Crippen molar-refractivity contribution in [2.45, 2.75) is 44.4 Å². The third-order valence-corrected chi connectivity index (χ3v) is 5.23. The van der Waals surface area contributed by atoms with Crippen LogP contribution in [0.1, 0.15) is 49.1 Å². The molecular weight excluding hydrogens is 306 g/mol. The zero-order valence-electron chi connectivity index (χ0n) is 14.1. The SMILES string of the molecule is CC1CC1c1ccc(CN2CCOCC2CC(O)c2ccco2)o1. The lowest BCUT2D eigenvalue weighted by Crippen LogP contribution is -2.45. The lowest BCUT2D eigenvalue weighted by molar-refractivity contribution is -0.0346. The van der Waals surface area contributed by atoms with Crippen molar-refractivity contribution >= 4 is 0 Å². The first-order valence-corrected chi connectivity index (χ1v) is 8.82. The molecular formula is C19H25NO4. The van der Waals surface area contributed by atoms with Gasteiger partial charge in [-0.25, -0.2) is 0 Å². The normalized spacial score (nSPS) is 28.8. The first-order chi connectivity index (χ1) is 11.7. The number of furan rings is 2. The fourth-order valence-electron chi connectivity index (χ4n) is 3.57. The molecule has 130 valence electrons. The zero-order chi connectivity index (χ0) is 16.5. The Kier molecular flexibility index (Phi) is 4.48. The molecule has 4 atom stereocenters. The molecule has 2 aromatic rings. The molecule has 3 heterocycles. The Morgan fingerprint density at radius 2 is 2.21 bits per heavy atom. The second-order valence-electron chi connectivity index (χ2n) is 7.09. The van der Waals surface area contributed by atoms with Crippen LogP contribution in [0.4, 0.5) is 0 Å². The Balaban J connectivity index is 1.39. The van der Waals surface area contributed by atoms with E-state index in [9.17, 15) is 5.11 Å². The maximum Gasteiger partial charge on any atom is 0.132 e. The molecule has 0 bridgehead atoms. The third kappa shape index (κ3) is 3.43. The van der Waals surface area contributed by atoms with Crippen LogP contribution in [0.3, 0.4) is 0 Å². The van der Waals surface area contributed by atoms with Gasteiger partial charge in [-0.2, -0.15) is 0 Å². The maximum absolute atomic E-state index is 10.4. The Bertz CT molecular complexity index is 650. The summed E-state index contributed by atoms with van der Waals surface area (Å²) in [5.41, 5.74) is 0. The van der Waals surface area contributed by atoms with Gasteiger partial charge in [0.25, 0.3) is 0 Å². The number of rotatable bonds is 6. The van der Waals surface area contributed by atoms with Crippen LogP contribution in [-0.2, 0) is 11.3 Å². The molecule has 4 rings (SSSR count).